The minimum Gasteiger partial charge on any atom is -0.294 e. The molecule has 0 saturated carbocycles. The highest BCUT2D eigenvalue weighted by atomic mass is 15.1. The Morgan fingerprint density at radius 2 is 1.05 bits per heavy atom. The fourth-order valence-electron chi connectivity index (χ4n) is 5.87. The second-order valence-corrected chi connectivity index (χ2v) is 10.3. The third kappa shape index (κ3) is 3.98. The van der Waals surface area contributed by atoms with Crippen LogP contribution in [0.25, 0.3) is 72.2 Å². The summed E-state index contributed by atoms with van der Waals surface area (Å²) in [4.78, 5) is 10.2. The Morgan fingerprint density at radius 3 is 1.80 bits per heavy atom. The van der Waals surface area contributed by atoms with E-state index in [1.54, 1.807) is 0 Å². The van der Waals surface area contributed by atoms with Crippen molar-refractivity contribution in [3.8, 4) is 39.6 Å². The summed E-state index contributed by atoms with van der Waals surface area (Å²) >= 11 is 0. The van der Waals surface area contributed by atoms with Crippen LogP contribution in [0.4, 0.5) is 0 Å². The first-order valence-corrected chi connectivity index (χ1v) is 13.9. The fraction of sp³-hybridized carbons (Fsp3) is 0. The lowest BCUT2D eigenvalue weighted by Gasteiger charge is -2.12. The van der Waals surface area contributed by atoms with Crippen LogP contribution in [0.2, 0.25) is 0 Å². The molecule has 2 heterocycles. The second-order valence-electron chi connectivity index (χ2n) is 10.3. The highest BCUT2D eigenvalue weighted by Gasteiger charge is 2.18. The smallest absolute Gasteiger partial charge is 0.162 e. The monoisotopic (exact) mass is 523 g/mol. The Bertz CT molecular complexity index is 2120. The van der Waals surface area contributed by atoms with E-state index in [-0.39, 0.29) is 0 Å². The number of hydrogen-bond donors (Lipinski definition) is 0. The molecule has 0 aliphatic heterocycles. The first-order chi connectivity index (χ1) is 20.3. The number of rotatable bonds is 4. The zero-order valence-electron chi connectivity index (χ0n) is 22.3. The molecule has 0 fully saturated rings. The average molecular weight is 524 g/mol. The van der Waals surface area contributed by atoms with Gasteiger partial charge in [0.25, 0.3) is 0 Å². The number of aromatic nitrogens is 3. The van der Waals surface area contributed by atoms with Crippen molar-refractivity contribution in [2.75, 3.05) is 0 Å². The summed E-state index contributed by atoms with van der Waals surface area (Å²) in [5.74, 6) is 1.56. The molecule has 192 valence electrons. The zero-order chi connectivity index (χ0) is 27.2. The molecule has 0 spiro atoms. The number of benzene rings is 6. The van der Waals surface area contributed by atoms with Crippen molar-refractivity contribution < 1.29 is 0 Å². The Labute approximate surface area is 238 Å². The molecule has 0 aliphatic rings. The Balaban J connectivity index is 1.45. The van der Waals surface area contributed by atoms with E-state index in [9.17, 15) is 0 Å². The summed E-state index contributed by atoms with van der Waals surface area (Å²) in [7, 11) is 0. The second kappa shape index (κ2) is 9.58. The highest BCUT2D eigenvalue weighted by Crippen LogP contribution is 2.38. The van der Waals surface area contributed by atoms with Crippen LogP contribution in [0, 0.1) is 0 Å². The van der Waals surface area contributed by atoms with Gasteiger partial charge >= 0.3 is 0 Å². The Kier molecular flexibility index (Phi) is 5.46. The van der Waals surface area contributed by atoms with Crippen molar-refractivity contribution in [2.45, 2.75) is 0 Å². The van der Waals surface area contributed by atoms with Crippen LogP contribution >= 0.6 is 0 Å². The van der Waals surface area contributed by atoms with Gasteiger partial charge in [0.05, 0.1) is 16.7 Å². The fourth-order valence-corrected chi connectivity index (χ4v) is 5.87. The van der Waals surface area contributed by atoms with Crippen molar-refractivity contribution in [1.29, 1.82) is 0 Å². The van der Waals surface area contributed by atoms with Gasteiger partial charge < -0.3 is 0 Å². The third-order valence-electron chi connectivity index (χ3n) is 7.81. The van der Waals surface area contributed by atoms with Gasteiger partial charge in [-0.2, -0.15) is 0 Å². The first kappa shape index (κ1) is 23.4. The topological polar surface area (TPSA) is 30.7 Å². The van der Waals surface area contributed by atoms with Crippen LogP contribution in [0.5, 0.6) is 0 Å². The number of nitrogens with zero attached hydrogens (tertiary/aromatic N) is 3. The first-order valence-electron chi connectivity index (χ1n) is 13.9. The molecule has 2 aromatic heterocycles. The SMILES string of the molecule is c1ccc(-c2ccc3ccc4c(c3c2)c2ccccc2n4-c2cc(-c3ccccc3)nc(-c3ccccc3)n2)cc1. The van der Waals surface area contributed by atoms with Crippen LogP contribution in [0.1, 0.15) is 0 Å². The Hall–Kier alpha value is -5.54. The maximum absolute atomic E-state index is 5.17. The molecular formula is C38H25N3. The molecule has 0 radical (unpaired) electrons. The lowest BCUT2D eigenvalue weighted by atomic mass is 9.98. The van der Waals surface area contributed by atoms with Gasteiger partial charge in [0.1, 0.15) is 5.82 Å². The summed E-state index contributed by atoms with van der Waals surface area (Å²) in [6.07, 6.45) is 0. The van der Waals surface area contributed by atoms with Gasteiger partial charge in [-0.05, 0) is 40.1 Å². The van der Waals surface area contributed by atoms with Crippen molar-refractivity contribution in [3.05, 3.63) is 152 Å². The average Bonchev–Trinajstić information content (AvgIpc) is 3.40. The number of para-hydroxylation sites is 1. The van der Waals surface area contributed by atoms with Gasteiger partial charge in [-0.25, -0.2) is 9.97 Å². The van der Waals surface area contributed by atoms with Crippen molar-refractivity contribution in [1.82, 2.24) is 14.5 Å². The van der Waals surface area contributed by atoms with Crippen molar-refractivity contribution in [2.24, 2.45) is 0 Å². The molecule has 0 aliphatic carbocycles. The van der Waals surface area contributed by atoms with Gasteiger partial charge in [-0.1, -0.05) is 127 Å². The summed E-state index contributed by atoms with van der Waals surface area (Å²) < 4.78 is 2.29. The predicted molar refractivity (Wildman–Crippen MR) is 170 cm³/mol. The van der Waals surface area contributed by atoms with Gasteiger partial charge in [-0.15, -0.1) is 0 Å². The van der Waals surface area contributed by atoms with E-state index < -0.39 is 0 Å². The molecule has 0 bridgehead atoms. The zero-order valence-corrected chi connectivity index (χ0v) is 22.3. The summed E-state index contributed by atoms with van der Waals surface area (Å²) in [5, 5.41) is 4.90. The van der Waals surface area contributed by atoms with E-state index in [2.05, 4.69) is 132 Å². The summed E-state index contributed by atoms with van der Waals surface area (Å²) in [6.45, 7) is 0. The third-order valence-corrected chi connectivity index (χ3v) is 7.81. The number of hydrogen-bond acceptors (Lipinski definition) is 2. The van der Waals surface area contributed by atoms with E-state index in [1.807, 2.05) is 24.3 Å². The molecule has 8 rings (SSSR count). The molecule has 0 saturated heterocycles. The lowest BCUT2D eigenvalue weighted by Crippen LogP contribution is -2.02. The molecule has 0 amide bonds. The molecule has 41 heavy (non-hydrogen) atoms. The van der Waals surface area contributed by atoms with E-state index in [0.717, 1.165) is 33.7 Å². The Morgan fingerprint density at radius 1 is 0.415 bits per heavy atom. The molecule has 3 nitrogen and oxygen atoms in total. The van der Waals surface area contributed by atoms with E-state index >= 15 is 0 Å². The molecule has 0 unspecified atom stereocenters. The molecule has 3 heteroatoms. The summed E-state index contributed by atoms with van der Waals surface area (Å²) in [6, 6.07) is 53.1. The van der Waals surface area contributed by atoms with Crippen molar-refractivity contribution in [3.63, 3.8) is 0 Å². The van der Waals surface area contributed by atoms with Crippen LogP contribution < -0.4 is 0 Å². The lowest BCUT2D eigenvalue weighted by molar-refractivity contribution is 1.05. The van der Waals surface area contributed by atoms with E-state index in [1.165, 1.54) is 32.7 Å². The maximum Gasteiger partial charge on any atom is 0.162 e. The minimum absolute atomic E-state index is 0.708. The summed E-state index contributed by atoms with van der Waals surface area (Å²) in [5.41, 5.74) is 7.62. The molecular weight excluding hydrogens is 498 g/mol. The molecule has 0 atom stereocenters. The standard InChI is InChI=1S/C38H25N3/c1-4-12-26(13-5-1)30-21-20-27-22-23-35-37(32(27)24-30)31-18-10-11-19-34(31)41(35)36-25-33(28-14-6-2-7-15-28)39-38(40-36)29-16-8-3-9-17-29/h1-25H. The number of fused-ring (bicyclic) bond motifs is 5. The molecule has 6 aromatic carbocycles. The molecule has 0 N–H and O–H groups in total. The van der Waals surface area contributed by atoms with Crippen LogP contribution in [0.15, 0.2) is 152 Å². The quantitative estimate of drug-likeness (QED) is 0.230. The maximum atomic E-state index is 5.17. The van der Waals surface area contributed by atoms with Gasteiger partial charge in [0.15, 0.2) is 5.82 Å². The van der Waals surface area contributed by atoms with Crippen LogP contribution in [-0.2, 0) is 0 Å². The van der Waals surface area contributed by atoms with Crippen molar-refractivity contribution >= 4 is 32.6 Å². The van der Waals surface area contributed by atoms with Crippen LogP contribution in [0.3, 0.4) is 0 Å². The largest absolute Gasteiger partial charge is 0.294 e. The van der Waals surface area contributed by atoms with Gasteiger partial charge in [0.2, 0.25) is 0 Å². The van der Waals surface area contributed by atoms with E-state index in [4.69, 9.17) is 9.97 Å². The van der Waals surface area contributed by atoms with Crippen LogP contribution in [-0.4, -0.2) is 14.5 Å². The molecule has 8 aromatic rings. The van der Waals surface area contributed by atoms with Gasteiger partial charge in [0, 0.05) is 28.0 Å². The normalized spacial score (nSPS) is 11.4. The van der Waals surface area contributed by atoms with Gasteiger partial charge in [-0.3, -0.25) is 4.57 Å². The predicted octanol–water partition coefficient (Wildman–Crippen LogP) is 9.73. The minimum atomic E-state index is 0.708. The highest BCUT2D eigenvalue weighted by molar-refractivity contribution is 6.21. The van der Waals surface area contributed by atoms with E-state index in [0.29, 0.717) is 5.82 Å².